The number of nitrogens with zero attached hydrogens (tertiary/aromatic N) is 1. The Morgan fingerprint density at radius 1 is 1.48 bits per heavy atom. The third kappa shape index (κ3) is 4.57. The summed E-state index contributed by atoms with van der Waals surface area (Å²) in [6, 6.07) is 5.54. The first-order valence-corrected chi connectivity index (χ1v) is 7.33. The van der Waals surface area contributed by atoms with E-state index in [9.17, 15) is 10.3 Å². The Hall–Kier alpha value is -1.34. The lowest BCUT2D eigenvalue weighted by atomic mass is 10.1. The molecular formula is C15H23N2O4-. The molecule has 0 aromatic heterocycles. The van der Waals surface area contributed by atoms with Gasteiger partial charge in [-0.25, -0.2) is 0 Å². The average molecular weight is 295 g/mol. The van der Waals surface area contributed by atoms with Gasteiger partial charge in [0, 0.05) is 31.4 Å². The Morgan fingerprint density at radius 3 is 3.05 bits per heavy atom. The molecule has 6 heteroatoms. The summed E-state index contributed by atoms with van der Waals surface area (Å²) < 4.78 is 5.56. The largest absolute Gasteiger partial charge is 0.758 e. The van der Waals surface area contributed by atoms with E-state index in [2.05, 4.69) is 5.32 Å². The fraction of sp³-hybridized carbons (Fsp3) is 0.600. The molecule has 0 amide bonds. The molecule has 0 radical (unpaired) electrons. The molecule has 1 heterocycles. The molecule has 2 rings (SSSR count). The third-order valence-electron chi connectivity index (χ3n) is 3.61. The zero-order chi connectivity index (χ0) is 15.2. The van der Waals surface area contributed by atoms with Crippen molar-refractivity contribution in [3.63, 3.8) is 0 Å². The summed E-state index contributed by atoms with van der Waals surface area (Å²) in [5.74, 6) is 0.673. The summed E-state index contributed by atoms with van der Waals surface area (Å²) in [6.45, 7) is 3.19. The summed E-state index contributed by atoms with van der Waals surface area (Å²) in [5, 5.41) is 34.2. The van der Waals surface area contributed by atoms with Crippen molar-refractivity contribution in [3.05, 3.63) is 29.0 Å². The van der Waals surface area contributed by atoms with Crippen molar-refractivity contribution >= 4 is 5.69 Å². The maximum atomic E-state index is 11.5. The molecule has 0 bridgehead atoms. The normalized spacial score (nSPS) is 16.7. The number of hydrogen-bond donors (Lipinski definition) is 3. The monoisotopic (exact) mass is 295 g/mol. The zero-order valence-corrected chi connectivity index (χ0v) is 12.3. The van der Waals surface area contributed by atoms with Crippen molar-refractivity contribution in [3.8, 4) is 5.75 Å². The summed E-state index contributed by atoms with van der Waals surface area (Å²) in [5.41, 5.74) is 1.70. The molecule has 0 saturated heterocycles. The maximum Gasteiger partial charge on any atom is 0.119 e. The van der Waals surface area contributed by atoms with E-state index in [0.717, 1.165) is 17.0 Å². The van der Waals surface area contributed by atoms with E-state index in [-0.39, 0.29) is 19.3 Å². The Morgan fingerprint density at radius 2 is 2.29 bits per heavy atom. The molecule has 0 fully saturated rings. The molecule has 1 aromatic rings. The van der Waals surface area contributed by atoms with E-state index in [0.29, 0.717) is 30.9 Å². The SMILES string of the molecule is CC(CCO)NCC(O)COc1ccc2c(c1)CCN2[O-]. The van der Waals surface area contributed by atoms with Crippen molar-refractivity contribution in [1.29, 1.82) is 0 Å². The van der Waals surface area contributed by atoms with Crippen LogP contribution in [-0.2, 0) is 6.42 Å². The lowest BCUT2D eigenvalue weighted by molar-refractivity contribution is 0.103. The van der Waals surface area contributed by atoms with Gasteiger partial charge in [-0.2, -0.15) is 0 Å². The molecule has 1 aliphatic heterocycles. The van der Waals surface area contributed by atoms with Gasteiger partial charge in [-0.05, 0) is 43.5 Å². The van der Waals surface area contributed by atoms with Crippen molar-refractivity contribution in [2.75, 3.05) is 31.4 Å². The Balaban J connectivity index is 1.75. The highest BCUT2D eigenvalue weighted by atomic mass is 16.5. The fourth-order valence-electron chi connectivity index (χ4n) is 2.32. The summed E-state index contributed by atoms with van der Waals surface area (Å²) in [4.78, 5) is 0. The second-order valence-electron chi connectivity index (χ2n) is 5.43. The van der Waals surface area contributed by atoms with Crippen LogP contribution >= 0.6 is 0 Å². The van der Waals surface area contributed by atoms with Gasteiger partial charge in [0.25, 0.3) is 0 Å². The number of hydrogen-bond acceptors (Lipinski definition) is 6. The van der Waals surface area contributed by atoms with Crippen LogP contribution in [0.15, 0.2) is 18.2 Å². The molecule has 0 aliphatic carbocycles. The number of nitrogens with one attached hydrogen (secondary N) is 1. The van der Waals surface area contributed by atoms with Crippen molar-refractivity contribution < 1.29 is 14.9 Å². The summed E-state index contributed by atoms with van der Waals surface area (Å²) in [7, 11) is 0. The maximum absolute atomic E-state index is 11.5. The average Bonchev–Trinajstić information content (AvgIpc) is 2.84. The zero-order valence-electron chi connectivity index (χ0n) is 12.3. The molecular weight excluding hydrogens is 272 g/mol. The minimum atomic E-state index is -0.615. The van der Waals surface area contributed by atoms with Crippen molar-refractivity contribution in [1.82, 2.24) is 5.32 Å². The fourth-order valence-corrected chi connectivity index (χ4v) is 2.32. The minimum absolute atomic E-state index is 0.132. The van der Waals surface area contributed by atoms with E-state index < -0.39 is 6.10 Å². The molecule has 2 unspecified atom stereocenters. The highest BCUT2D eigenvalue weighted by Gasteiger charge is 2.14. The number of ether oxygens (including phenoxy) is 1. The second kappa shape index (κ2) is 7.61. The molecule has 2 atom stereocenters. The van der Waals surface area contributed by atoms with Gasteiger partial charge in [-0.1, -0.05) is 0 Å². The topological polar surface area (TPSA) is 88.0 Å². The lowest BCUT2D eigenvalue weighted by Crippen LogP contribution is -2.37. The van der Waals surface area contributed by atoms with Gasteiger partial charge in [-0.3, -0.25) is 0 Å². The minimum Gasteiger partial charge on any atom is -0.758 e. The molecule has 3 N–H and O–H groups in total. The number of hydroxylamine groups is 1. The van der Waals surface area contributed by atoms with Crippen molar-refractivity contribution in [2.45, 2.75) is 31.9 Å². The van der Waals surface area contributed by atoms with Gasteiger partial charge in [0.2, 0.25) is 0 Å². The lowest BCUT2D eigenvalue weighted by Gasteiger charge is -2.24. The molecule has 118 valence electrons. The highest BCUT2D eigenvalue weighted by Crippen LogP contribution is 2.30. The molecule has 0 saturated carbocycles. The Bertz CT molecular complexity index is 455. The highest BCUT2D eigenvalue weighted by molar-refractivity contribution is 5.60. The smallest absolute Gasteiger partial charge is 0.119 e. The van der Waals surface area contributed by atoms with Gasteiger partial charge >= 0.3 is 0 Å². The summed E-state index contributed by atoms with van der Waals surface area (Å²) in [6.07, 6.45) is 0.776. The molecule has 6 nitrogen and oxygen atoms in total. The van der Waals surface area contributed by atoms with E-state index in [1.165, 1.54) is 0 Å². The van der Waals surface area contributed by atoms with Gasteiger partial charge in [0.1, 0.15) is 18.5 Å². The van der Waals surface area contributed by atoms with Gasteiger partial charge < -0.3 is 30.5 Å². The number of benzene rings is 1. The Kier molecular flexibility index (Phi) is 5.81. The van der Waals surface area contributed by atoms with E-state index in [1.54, 1.807) is 12.1 Å². The number of fused-ring (bicyclic) bond motifs is 1. The van der Waals surface area contributed by atoms with Crippen LogP contribution in [0.1, 0.15) is 18.9 Å². The first-order valence-electron chi connectivity index (χ1n) is 7.33. The molecule has 21 heavy (non-hydrogen) atoms. The summed E-state index contributed by atoms with van der Waals surface area (Å²) >= 11 is 0. The number of rotatable bonds is 8. The van der Waals surface area contributed by atoms with Crippen LogP contribution in [0.3, 0.4) is 0 Å². The Labute approximate surface area is 124 Å². The molecule has 1 aliphatic rings. The number of aliphatic hydroxyl groups excluding tert-OH is 2. The predicted molar refractivity (Wildman–Crippen MR) is 81.5 cm³/mol. The van der Waals surface area contributed by atoms with Gasteiger partial charge in [-0.15, -0.1) is 0 Å². The van der Waals surface area contributed by atoms with E-state index >= 15 is 0 Å². The van der Waals surface area contributed by atoms with Gasteiger partial charge in [0.15, 0.2) is 0 Å². The van der Waals surface area contributed by atoms with Crippen LogP contribution in [-0.4, -0.2) is 48.7 Å². The van der Waals surface area contributed by atoms with E-state index in [1.807, 2.05) is 13.0 Å². The van der Waals surface area contributed by atoms with Crippen LogP contribution in [0.25, 0.3) is 0 Å². The van der Waals surface area contributed by atoms with Crippen LogP contribution in [0.5, 0.6) is 5.75 Å². The first-order chi connectivity index (χ1) is 10.1. The van der Waals surface area contributed by atoms with E-state index in [4.69, 9.17) is 9.84 Å². The molecule has 0 spiro atoms. The van der Waals surface area contributed by atoms with Crippen molar-refractivity contribution in [2.24, 2.45) is 0 Å². The second-order valence-corrected chi connectivity index (χ2v) is 5.43. The molecule has 1 aromatic carbocycles. The first kappa shape index (κ1) is 16.0. The predicted octanol–water partition coefficient (Wildman–Crippen LogP) is 0.647. The van der Waals surface area contributed by atoms with Crippen LogP contribution in [0, 0.1) is 5.21 Å². The van der Waals surface area contributed by atoms with Gasteiger partial charge in [0.05, 0.1) is 0 Å². The number of anilines is 1. The number of aliphatic hydroxyl groups is 2. The standard InChI is InChI=1S/C15H23N2O4/c1-11(5-7-18)16-9-13(19)10-21-14-2-3-15-12(8-14)4-6-17(15)20/h2-3,8,11,13,16,18-19H,4-7,9-10H2,1H3/q-1. The third-order valence-corrected chi connectivity index (χ3v) is 3.61. The van der Waals surface area contributed by atoms with Crippen LogP contribution in [0.4, 0.5) is 5.69 Å². The van der Waals surface area contributed by atoms with Crippen LogP contribution < -0.4 is 15.1 Å². The van der Waals surface area contributed by atoms with Crippen LogP contribution in [0.2, 0.25) is 0 Å². The quantitative estimate of drug-likeness (QED) is 0.652.